The number of para-hydroxylation sites is 1. The number of nitrogens with one attached hydrogen (secondary N) is 1. The minimum atomic E-state index is -0.0936. The van der Waals surface area contributed by atoms with E-state index in [1.807, 2.05) is 67.8 Å². The lowest BCUT2D eigenvalue weighted by Gasteiger charge is -2.12. The van der Waals surface area contributed by atoms with Crippen molar-refractivity contribution in [2.75, 3.05) is 12.4 Å². The molecule has 1 N–H and O–H groups in total. The summed E-state index contributed by atoms with van der Waals surface area (Å²) in [5.41, 5.74) is 5.71. The number of aromatic nitrogens is 2. The zero-order valence-corrected chi connectivity index (χ0v) is 17.3. The molecule has 0 atom stereocenters. The minimum absolute atomic E-state index is 0.0936. The van der Waals surface area contributed by atoms with Crippen molar-refractivity contribution < 1.29 is 9.53 Å². The lowest BCUT2D eigenvalue weighted by Crippen LogP contribution is -2.16. The van der Waals surface area contributed by atoms with E-state index in [2.05, 4.69) is 15.3 Å². The number of methoxy groups -OCH3 is 1. The van der Waals surface area contributed by atoms with Gasteiger partial charge in [0, 0.05) is 22.0 Å². The monoisotopic (exact) mass is 403 g/mol. The van der Waals surface area contributed by atoms with Gasteiger partial charge in [-0.3, -0.25) is 9.78 Å². The number of pyridine rings is 1. The maximum absolute atomic E-state index is 12.7. The van der Waals surface area contributed by atoms with Gasteiger partial charge in [-0.05, 0) is 55.3 Å². The van der Waals surface area contributed by atoms with Crippen molar-refractivity contribution in [2.45, 2.75) is 20.3 Å². The molecule has 1 amide bonds. The highest BCUT2D eigenvalue weighted by atomic mass is 32.1. The van der Waals surface area contributed by atoms with Crippen LogP contribution >= 0.6 is 11.3 Å². The summed E-state index contributed by atoms with van der Waals surface area (Å²) in [4.78, 5) is 21.9. The first-order valence-electron chi connectivity index (χ1n) is 9.30. The van der Waals surface area contributed by atoms with Crippen LogP contribution in [0.4, 0.5) is 5.13 Å². The van der Waals surface area contributed by atoms with E-state index < -0.39 is 0 Å². The summed E-state index contributed by atoms with van der Waals surface area (Å²) in [6.45, 7) is 4.00. The fraction of sp³-hybridized carbons (Fsp3) is 0.174. The molecule has 6 heteroatoms. The van der Waals surface area contributed by atoms with Crippen molar-refractivity contribution in [1.82, 2.24) is 9.97 Å². The summed E-state index contributed by atoms with van der Waals surface area (Å²) in [6, 6.07) is 15.7. The Hall–Kier alpha value is -3.25. The summed E-state index contributed by atoms with van der Waals surface area (Å²) in [5, 5.41) is 6.53. The summed E-state index contributed by atoms with van der Waals surface area (Å²) < 4.78 is 5.19. The molecule has 2 aromatic heterocycles. The molecule has 0 bridgehead atoms. The fourth-order valence-electron chi connectivity index (χ4n) is 3.38. The van der Waals surface area contributed by atoms with Crippen molar-refractivity contribution >= 4 is 33.3 Å². The number of fused-ring (bicyclic) bond motifs is 1. The van der Waals surface area contributed by atoms with Gasteiger partial charge in [0.2, 0.25) is 5.91 Å². The number of benzene rings is 2. The number of amides is 1. The maximum atomic E-state index is 12.7. The summed E-state index contributed by atoms with van der Waals surface area (Å²) >= 11 is 1.41. The molecule has 0 unspecified atom stereocenters. The molecule has 0 aliphatic heterocycles. The standard InChI is InChI=1S/C23H21N3O2S/c1-14-18-6-4-5-7-20(18)24-15(2)19(14)12-22(27)26-23-25-21(13-29-23)16-8-10-17(28-3)11-9-16/h4-11,13H,12H2,1-3H3,(H,25,26,27). The van der Waals surface area contributed by atoms with Gasteiger partial charge >= 0.3 is 0 Å². The van der Waals surface area contributed by atoms with Crippen LogP contribution in [-0.2, 0) is 11.2 Å². The second kappa shape index (κ2) is 8.01. The van der Waals surface area contributed by atoms with Crippen LogP contribution in [0.2, 0.25) is 0 Å². The number of nitrogens with zero attached hydrogens (tertiary/aromatic N) is 2. The molecule has 0 aliphatic carbocycles. The zero-order valence-electron chi connectivity index (χ0n) is 16.5. The van der Waals surface area contributed by atoms with Crippen LogP contribution in [0.15, 0.2) is 53.9 Å². The molecular weight excluding hydrogens is 382 g/mol. The predicted molar refractivity (Wildman–Crippen MR) is 118 cm³/mol. The molecule has 4 aromatic rings. The molecule has 0 aliphatic rings. The van der Waals surface area contributed by atoms with Gasteiger partial charge in [-0.2, -0.15) is 0 Å². The average Bonchev–Trinajstić information content (AvgIpc) is 3.19. The number of hydrogen-bond acceptors (Lipinski definition) is 5. The molecule has 0 fully saturated rings. The molecule has 4 rings (SSSR count). The third-order valence-electron chi connectivity index (χ3n) is 4.96. The van der Waals surface area contributed by atoms with E-state index in [-0.39, 0.29) is 12.3 Å². The molecular formula is C23H21N3O2S. The largest absolute Gasteiger partial charge is 0.497 e. The van der Waals surface area contributed by atoms with Gasteiger partial charge < -0.3 is 10.1 Å². The molecule has 2 aromatic carbocycles. The molecule has 0 saturated heterocycles. The third kappa shape index (κ3) is 3.98. The van der Waals surface area contributed by atoms with Crippen molar-refractivity contribution in [1.29, 1.82) is 0 Å². The highest BCUT2D eigenvalue weighted by molar-refractivity contribution is 7.14. The number of aryl methyl sites for hydroxylation is 2. The number of carbonyl (C=O) groups is 1. The van der Waals surface area contributed by atoms with Crippen LogP contribution in [0.25, 0.3) is 22.2 Å². The van der Waals surface area contributed by atoms with Crippen molar-refractivity contribution in [3.8, 4) is 17.0 Å². The topological polar surface area (TPSA) is 64.1 Å². The number of carbonyl (C=O) groups excluding carboxylic acids is 1. The van der Waals surface area contributed by atoms with Crippen LogP contribution in [0, 0.1) is 13.8 Å². The van der Waals surface area contributed by atoms with Gasteiger partial charge in [-0.25, -0.2) is 4.98 Å². The Morgan fingerprint density at radius 2 is 1.83 bits per heavy atom. The van der Waals surface area contributed by atoms with Gasteiger partial charge in [-0.15, -0.1) is 11.3 Å². The SMILES string of the molecule is COc1ccc(-c2csc(NC(=O)Cc3c(C)nc4ccccc4c3C)n2)cc1. The first-order valence-corrected chi connectivity index (χ1v) is 10.2. The molecule has 0 radical (unpaired) electrons. The second-order valence-corrected chi connectivity index (χ2v) is 7.67. The van der Waals surface area contributed by atoms with E-state index in [0.717, 1.165) is 44.7 Å². The minimum Gasteiger partial charge on any atom is -0.497 e. The quantitative estimate of drug-likeness (QED) is 0.500. The Labute approximate surface area is 173 Å². The van der Waals surface area contributed by atoms with Crippen LogP contribution in [0.3, 0.4) is 0 Å². The van der Waals surface area contributed by atoms with Crippen LogP contribution in [0.5, 0.6) is 5.75 Å². The van der Waals surface area contributed by atoms with E-state index in [0.29, 0.717) is 5.13 Å². The smallest absolute Gasteiger partial charge is 0.230 e. The van der Waals surface area contributed by atoms with Gasteiger partial charge in [0.15, 0.2) is 5.13 Å². The van der Waals surface area contributed by atoms with Crippen LogP contribution in [-0.4, -0.2) is 23.0 Å². The van der Waals surface area contributed by atoms with Gasteiger partial charge in [-0.1, -0.05) is 18.2 Å². The number of rotatable bonds is 5. The van der Waals surface area contributed by atoms with Crippen molar-refractivity contribution in [3.63, 3.8) is 0 Å². The summed E-state index contributed by atoms with van der Waals surface area (Å²) in [5.74, 6) is 0.705. The summed E-state index contributed by atoms with van der Waals surface area (Å²) in [6.07, 6.45) is 0.271. The van der Waals surface area contributed by atoms with Gasteiger partial charge in [0.1, 0.15) is 5.75 Å². The Bertz CT molecular complexity index is 1180. The Morgan fingerprint density at radius 3 is 2.59 bits per heavy atom. The highest BCUT2D eigenvalue weighted by Crippen LogP contribution is 2.27. The number of hydrogen-bond donors (Lipinski definition) is 1. The van der Waals surface area contributed by atoms with E-state index in [9.17, 15) is 4.79 Å². The predicted octanol–water partition coefficient (Wildman–Crippen LogP) is 5.16. The van der Waals surface area contributed by atoms with Gasteiger partial charge in [0.25, 0.3) is 0 Å². The number of ether oxygens (including phenoxy) is 1. The van der Waals surface area contributed by atoms with Gasteiger partial charge in [0.05, 0.1) is 24.7 Å². The van der Waals surface area contributed by atoms with E-state index in [1.54, 1.807) is 7.11 Å². The molecule has 5 nitrogen and oxygen atoms in total. The van der Waals surface area contributed by atoms with Crippen LogP contribution in [0.1, 0.15) is 16.8 Å². The zero-order chi connectivity index (χ0) is 20.4. The number of anilines is 1. The molecule has 2 heterocycles. The molecule has 146 valence electrons. The van der Waals surface area contributed by atoms with E-state index in [1.165, 1.54) is 11.3 Å². The second-order valence-electron chi connectivity index (χ2n) is 6.81. The molecule has 29 heavy (non-hydrogen) atoms. The fourth-order valence-corrected chi connectivity index (χ4v) is 4.12. The van der Waals surface area contributed by atoms with E-state index in [4.69, 9.17) is 4.74 Å². The Balaban J connectivity index is 1.51. The molecule has 0 saturated carbocycles. The van der Waals surface area contributed by atoms with E-state index >= 15 is 0 Å². The third-order valence-corrected chi connectivity index (χ3v) is 5.72. The first kappa shape index (κ1) is 19.1. The maximum Gasteiger partial charge on any atom is 0.230 e. The number of thiazole rings is 1. The molecule has 0 spiro atoms. The van der Waals surface area contributed by atoms with Crippen LogP contribution < -0.4 is 10.1 Å². The Kier molecular flexibility index (Phi) is 5.27. The lowest BCUT2D eigenvalue weighted by atomic mass is 9.99. The average molecular weight is 404 g/mol. The normalized spacial score (nSPS) is 10.9. The highest BCUT2D eigenvalue weighted by Gasteiger charge is 2.14. The Morgan fingerprint density at radius 1 is 1.07 bits per heavy atom. The van der Waals surface area contributed by atoms with Crippen molar-refractivity contribution in [2.24, 2.45) is 0 Å². The summed E-state index contributed by atoms with van der Waals surface area (Å²) in [7, 11) is 1.64. The van der Waals surface area contributed by atoms with Crippen molar-refractivity contribution in [3.05, 3.63) is 70.7 Å². The lowest BCUT2D eigenvalue weighted by molar-refractivity contribution is -0.115. The first-order chi connectivity index (χ1) is 14.0.